The first kappa shape index (κ1) is 15.1. The van der Waals surface area contributed by atoms with Gasteiger partial charge in [-0.1, -0.05) is 6.42 Å². The number of carboxylic acid groups (broad SMARTS) is 1. The van der Waals surface area contributed by atoms with E-state index >= 15 is 0 Å². The molecule has 0 amide bonds. The number of hydrogen-bond acceptors (Lipinski definition) is 2. The van der Waals surface area contributed by atoms with Gasteiger partial charge >= 0.3 is 5.97 Å². The third kappa shape index (κ3) is 3.63. The molecule has 1 heterocycles. The van der Waals surface area contributed by atoms with Gasteiger partial charge in [-0.15, -0.1) is 0 Å². The van der Waals surface area contributed by atoms with Crippen LogP contribution >= 0.6 is 0 Å². The molecule has 0 aliphatic rings. The number of hydrogen-bond donors (Lipinski definition) is 1. The Kier molecular flexibility index (Phi) is 4.32. The van der Waals surface area contributed by atoms with E-state index < -0.39 is 5.97 Å². The zero-order valence-electron chi connectivity index (χ0n) is 12.5. The van der Waals surface area contributed by atoms with Gasteiger partial charge in [0.15, 0.2) is 0 Å². The van der Waals surface area contributed by atoms with Crippen molar-refractivity contribution in [3.8, 4) is 6.07 Å². The van der Waals surface area contributed by atoms with Crippen LogP contribution in [-0.4, -0.2) is 15.6 Å². The third-order valence-electron chi connectivity index (χ3n) is 3.77. The van der Waals surface area contributed by atoms with E-state index in [0.29, 0.717) is 5.56 Å². The van der Waals surface area contributed by atoms with Crippen molar-refractivity contribution in [2.75, 3.05) is 0 Å². The summed E-state index contributed by atoms with van der Waals surface area (Å²) < 4.78 is 2.14. The Morgan fingerprint density at radius 3 is 2.76 bits per heavy atom. The monoisotopic (exact) mass is 284 g/mol. The number of nitrogens with zero attached hydrogens (tertiary/aromatic N) is 2. The molecule has 0 aliphatic heterocycles. The molecule has 1 aromatic heterocycles. The van der Waals surface area contributed by atoms with Crippen molar-refractivity contribution in [2.45, 2.75) is 39.7 Å². The molecule has 0 spiro atoms. The van der Waals surface area contributed by atoms with E-state index in [1.165, 1.54) is 0 Å². The molecule has 1 aromatic carbocycles. The number of rotatable bonds is 6. The van der Waals surface area contributed by atoms with Gasteiger partial charge in [-0.05, 0) is 51.0 Å². The van der Waals surface area contributed by atoms with Crippen LogP contribution in [0.1, 0.15) is 43.5 Å². The molecule has 21 heavy (non-hydrogen) atoms. The van der Waals surface area contributed by atoms with Crippen LogP contribution in [0.25, 0.3) is 10.9 Å². The Labute approximate surface area is 124 Å². The highest BCUT2D eigenvalue weighted by atomic mass is 16.4. The van der Waals surface area contributed by atoms with E-state index in [4.69, 9.17) is 10.4 Å². The van der Waals surface area contributed by atoms with E-state index in [1.54, 1.807) is 12.1 Å². The molecule has 2 rings (SSSR count). The first-order valence-corrected chi connectivity index (χ1v) is 7.16. The zero-order chi connectivity index (χ0) is 15.5. The molecule has 0 bridgehead atoms. The van der Waals surface area contributed by atoms with Gasteiger partial charge < -0.3 is 9.67 Å². The molecule has 1 N–H and O–H groups in total. The Bertz CT molecular complexity index is 692. The second-order valence-electron chi connectivity index (χ2n) is 6.04. The lowest BCUT2D eigenvalue weighted by molar-refractivity contribution is 0.0697. The summed E-state index contributed by atoms with van der Waals surface area (Å²) in [7, 11) is 0. The maximum absolute atomic E-state index is 11.0. The predicted octanol–water partition coefficient (Wildman–Crippen LogP) is 4.06. The van der Waals surface area contributed by atoms with Gasteiger partial charge in [0.1, 0.15) is 0 Å². The Morgan fingerprint density at radius 2 is 2.10 bits per heavy atom. The molecular weight excluding hydrogens is 264 g/mol. The minimum Gasteiger partial charge on any atom is -0.478 e. The second-order valence-corrected chi connectivity index (χ2v) is 6.04. The van der Waals surface area contributed by atoms with Gasteiger partial charge in [0.25, 0.3) is 0 Å². The lowest BCUT2D eigenvalue weighted by Crippen LogP contribution is -2.08. The van der Waals surface area contributed by atoms with Gasteiger partial charge in [0.05, 0.1) is 17.0 Å². The number of nitriles is 1. The fraction of sp³-hybridized carbons (Fsp3) is 0.412. The van der Waals surface area contributed by atoms with E-state index in [0.717, 1.165) is 36.7 Å². The van der Waals surface area contributed by atoms with Crippen LogP contribution in [0, 0.1) is 16.7 Å². The first-order chi connectivity index (χ1) is 9.93. The van der Waals surface area contributed by atoms with Gasteiger partial charge in [0.2, 0.25) is 0 Å². The molecule has 0 atom stereocenters. The lowest BCUT2D eigenvalue weighted by Gasteiger charge is -2.14. The average molecular weight is 284 g/mol. The van der Waals surface area contributed by atoms with E-state index in [-0.39, 0.29) is 5.41 Å². The zero-order valence-corrected chi connectivity index (χ0v) is 12.5. The SMILES string of the molecule is CC(C)(C#N)CCCCn1ccc2cc(C(=O)O)ccc21. The van der Waals surface area contributed by atoms with Gasteiger partial charge in [-0.25, -0.2) is 4.79 Å². The van der Waals surface area contributed by atoms with Crippen molar-refractivity contribution in [3.05, 3.63) is 36.0 Å². The standard InChI is InChI=1S/C17H20N2O2/c1-17(2,12-18)8-3-4-9-19-10-7-13-11-14(16(20)21)5-6-15(13)19/h5-7,10-11H,3-4,8-9H2,1-2H3,(H,20,21). The first-order valence-electron chi connectivity index (χ1n) is 7.16. The Balaban J connectivity index is 2.00. The highest BCUT2D eigenvalue weighted by Crippen LogP contribution is 2.23. The molecule has 0 saturated heterocycles. The highest BCUT2D eigenvalue weighted by molar-refractivity contribution is 5.93. The van der Waals surface area contributed by atoms with Crippen molar-refractivity contribution < 1.29 is 9.90 Å². The summed E-state index contributed by atoms with van der Waals surface area (Å²) in [5.41, 5.74) is 1.12. The molecule has 4 heteroatoms. The minimum absolute atomic E-state index is 0.255. The van der Waals surface area contributed by atoms with Gasteiger partial charge in [-0.3, -0.25) is 0 Å². The number of aryl methyl sites for hydroxylation is 1. The molecule has 0 aliphatic carbocycles. The maximum atomic E-state index is 11.0. The largest absolute Gasteiger partial charge is 0.478 e. The Hall–Kier alpha value is -2.28. The van der Waals surface area contributed by atoms with E-state index in [9.17, 15) is 4.79 Å². The summed E-state index contributed by atoms with van der Waals surface area (Å²) in [5.74, 6) is -0.900. The van der Waals surface area contributed by atoms with Gasteiger partial charge in [0, 0.05) is 23.6 Å². The van der Waals surface area contributed by atoms with Crippen LogP contribution in [0.2, 0.25) is 0 Å². The molecule has 4 nitrogen and oxygen atoms in total. The highest BCUT2D eigenvalue weighted by Gasteiger charge is 2.15. The van der Waals surface area contributed by atoms with Crippen LogP contribution in [0.3, 0.4) is 0 Å². The summed E-state index contributed by atoms with van der Waals surface area (Å²) in [6.07, 6.45) is 4.90. The summed E-state index contributed by atoms with van der Waals surface area (Å²) >= 11 is 0. The predicted molar refractivity (Wildman–Crippen MR) is 82.1 cm³/mol. The van der Waals surface area contributed by atoms with Crippen LogP contribution in [0.5, 0.6) is 0 Å². The quantitative estimate of drug-likeness (QED) is 0.813. The normalized spacial score (nSPS) is 11.5. The lowest BCUT2D eigenvalue weighted by atomic mass is 9.89. The van der Waals surface area contributed by atoms with Crippen molar-refractivity contribution >= 4 is 16.9 Å². The topological polar surface area (TPSA) is 66.0 Å². The maximum Gasteiger partial charge on any atom is 0.335 e. The van der Waals surface area contributed by atoms with Crippen LogP contribution in [-0.2, 0) is 6.54 Å². The second kappa shape index (κ2) is 6.01. The summed E-state index contributed by atoms with van der Waals surface area (Å²) in [4.78, 5) is 11.0. The van der Waals surface area contributed by atoms with Crippen molar-refractivity contribution in [3.63, 3.8) is 0 Å². The van der Waals surface area contributed by atoms with Crippen molar-refractivity contribution in [1.82, 2.24) is 4.57 Å². The molecule has 0 fully saturated rings. The number of carboxylic acids is 1. The smallest absolute Gasteiger partial charge is 0.335 e. The number of aromatic nitrogens is 1. The number of carbonyl (C=O) groups is 1. The number of fused-ring (bicyclic) bond motifs is 1. The molecule has 110 valence electrons. The van der Waals surface area contributed by atoms with Crippen LogP contribution in [0.4, 0.5) is 0 Å². The molecule has 0 unspecified atom stereocenters. The van der Waals surface area contributed by atoms with Crippen molar-refractivity contribution in [1.29, 1.82) is 5.26 Å². The number of benzene rings is 1. The van der Waals surface area contributed by atoms with Gasteiger partial charge in [-0.2, -0.15) is 5.26 Å². The molecular formula is C17H20N2O2. The molecule has 2 aromatic rings. The summed E-state index contributed by atoms with van der Waals surface area (Å²) in [6, 6.07) is 9.46. The van der Waals surface area contributed by atoms with Crippen LogP contribution < -0.4 is 0 Å². The summed E-state index contributed by atoms with van der Waals surface area (Å²) in [5, 5.41) is 18.9. The van der Waals surface area contributed by atoms with E-state index in [1.807, 2.05) is 32.2 Å². The minimum atomic E-state index is -0.900. The number of aromatic carboxylic acids is 1. The fourth-order valence-electron chi connectivity index (χ4n) is 2.43. The fourth-order valence-corrected chi connectivity index (χ4v) is 2.43. The number of unbranched alkanes of at least 4 members (excludes halogenated alkanes) is 1. The Morgan fingerprint density at radius 1 is 1.33 bits per heavy atom. The van der Waals surface area contributed by atoms with Crippen molar-refractivity contribution in [2.24, 2.45) is 5.41 Å². The summed E-state index contributed by atoms with van der Waals surface area (Å²) in [6.45, 7) is 4.81. The average Bonchev–Trinajstić information content (AvgIpc) is 2.86. The molecule has 0 radical (unpaired) electrons. The third-order valence-corrected chi connectivity index (χ3v) is 3.77. The van der Waals surface area contributed by atoms with Crippen LogP contribution in [0.15, 0.2) is 30.5 Å². The van der Waals surface area contributed by atoms with E-state index in [2.05, 4.69) is 10.6 Å². The molecule has 0 saturated carbocycles.